The number of hydrogen-bond donors (Lipinski definition) is 1. The molecule has 1 saturated heterocycles. The highest BCUT2D eigenvalue weighted by Crippen LogP contribution is 2.42. The van der Waals surface area contributed by atoms with Crippen molar-refractivity contribution in [2.24, 2.45) is 5.92 Å². The molecule has 0 spiro atoms. The lowest BCUT2D eigenvalue weighted by Crippen LogP contribution is -2.46. The molecule has 2 aromatic carbocycles. The van der Waals surface area contributed by atoms with E-state index in [1.54, 1.807) is 12.1 Å². The number of nitrogens with zero attached hydrogens (tertiary/aromatic N) is 1. The van der Waals surface area contributed by atoms with Crippen molar-refractivity contribution in [3.05, 3.63) is 65.7 Å². The normalized spacial score (nSPS) is 21.2. The van der Waals surface area contributed by atoms with Crippen molar-refractivity contribution in [1.82, 2.24) is 0 Å². The second-order valence-electron chi connectivity index (χ2n) is 10.0. The minimum absolute atomic E-state index is 0. The van der Waals surface area contributed by atoms with E-state index in [0.29, 0.717) is 5.56 Å². The molecule has 2 aromatic rings. The Kier molecular flexibility index (Phi) is 9.61. The average Bonchev–Trinajstić information content (AvgIpc) is 3.44. The van der Waals surface area contributed by atoms with Gasteiger partial charge in [-0.3, -0.25) is 0 Å². The molecule has 2 aliphatic rings. The van der Waals surface area contributed by atoms with Gasteiger partial charge in [-0.15, -0.1) is 0 Å². The molecule has 2 fully saturated rings. The number of rotatable bonds is 5. The Morgan fingerprint density at radius 1 is 1.03 bits per heavy atom. The second kappa shape index (κ2) is 11.6. The van der Waals surface area contributed by atoms with Crippen molar-refractivity contribution in [3.8, 4) is 0 Å². The number of carbonyl (C=O) groups excluding carboxylic acids is 1. The van der Waals surface area contributed by atoms with E-state index in [4.69, 9.17) is 4.74 Å². The van der Waals surface area contributed by atoms with Crippen LogP contribution < -0.4 is 0 Å². The predicted molar refractivity (Wildman–Crippen MR) is 131 cm³/mol. The Labute approximate surface area is 208 Å². The summed E-state index contributed by atoms with van der Waals surface area (Å²) >= 11 is 0. The smallest absolute Gasteiger partial charge is 0.343 e. The van der Waals surface area contributed by atoms with Crippen molar-refractivity contribution in [1.29, 1.82) is 0 Å². The van der Waals surface area contributed by atoms with Crippen LogP contribution in [0.25, 0.3) is 0 Å². The van der Waals surface area contributed by atoms with Crippen LogP contribution in [0.4, 0.5) is 0 Å². The number of hydrogen-bond acceptors (Lipinski definition) is 6. The molecule has 1 saturated carbocycles. The molecule has 4 rings (SSSR count). The second-order valence-corrected chi connectivity index (χ2v) is 11.4. The zero-order chi connectivity index (χ0) is 25.0. The lowest BCUT2D eigenvalue weighted by atomic mass is 9.80. The van der Waals surface area contributed by atoms with Crippen LogP contribution in [0.5, 0.6) is 0 Å². The molecule has 9 heteroatoms. The maximum absolute atomic E-state index is 12.9. The number of quaternary nitrogens is 1. The van der Waals surface area contributed by atoms with Gasteiger partial charge >= 0.3 is 5.97 Å². The van der Waals surface area contributed by atoms with Gasteiger partial charge in [0.25, 0.3) is 0 Å². The molecule has 0 unspecified atom stereocenters. The van der Waals surface area contributed by atoms with Gasteiger partial charge in [0.05, 0.1) is 25.5 Å². The Hall–Kier alpha value is -2.30. The van der Waals surface area contributed by atoms with Gasteiger partial charge in [-0.1, -0.05) is 60.9 Å². The largest absolute Gasteiger partial charge is 0.744 e. The summed E-state index contributed by atoms with van der Waals surface area (Å²) in [7, 11) is 0.0245. The fourth-order valence-electron chi connectivity index (χ4n) is 4.83. The van der Waals surface area contributed by atoms with Crippen LogP contribution in [-0.4, -0.2) is 67.3 Å². The first-order chi connectivity index (χ1) is 15.9. The average molecular weight is 508 g/mol. The number of esters is 1. The van der Waals surface area contributed by atoms with Crippen molar-refractivity contribution >= 4 is 16.1 Å². The first-order valence-corrected chi connectivity index (χ1v) is 13.2. The van der Waals surface area contributed by atoms with E-state index in [1.165, 1.54) is 12.1 Å². The van der Waals surface area contributed by atoms with Crippen molar-refractivity contribution in [3.63, 3.8) is 0 Å². The van der Waals surface area contributed by atoms with E-state index < -0.39 is 21.7 Å². The highest BCUT2D eigenvalue weighted by Gasteiger charge is 2.49. The first kappa shape index (κ1) is 28.9. The van der Waals surface area contributed by atoms with Crippen LogP contribution in [0.15, 0.2) is 59.5 Å². The SMILES string of the molecule is C[N+]1(C)CC[C@@H](OC(=O)[C@](O)(c2ccccc2)C2CCCC2)C1.Cc1ccc(S(=O)(=O)[O-])cc1.O. The zero-order valence-electron chi connectivity index (χ0n) is 20.6. The van der Waals surface area contributed by atoms with Gasteiger partial charge < -0.3 is 24.4 Å². The number of aliphatic hydroxyl groups is 1. The monoisotopic (exact) mass is 507 g/mol. The molecule has 35 heavy (non-hydrogen) atoms. The Morgan fingerprint density at radius 2 is 1.60 bits per heavy atom. The van der Waals surface area contributed by atoms with E-state index in [9.17, 15) is 22.9 Å². The first-order valence-electron chi connectivity index (χ1n) is 11.8. The fraction of sp³-hybridized carbons (Fsp3) is 0.500. The molecule has 0 aromatic heterocycles. The third kappa shape index (κ3) is 7.35. The maximum Gasteiger partial charge on any atom is 0.343 e. The topological polar surface area (TPSA) is 135 Å². The van der Waals surface area contributed by atoms with Gasteiger partial charge in [-0.05, 0) is 37.5 Å². The predicted octanol–water partition coefficient (Wildman–Crippen LogP) is 2.53. The number of likely N-dealkylation sites (tertiary alicyclic amines) is 1. The van der Waals surface area contributed by atoms with Crippen LogP contribution in [-0.2, 0) is 25.3 Å². The van der Waals surface area contributed by atoms with Crippen molar-refractivity contribution < 1.29 is 37.6 Å². The number of likely N-dealkylation sites (N-methyl/N-ethyl adjacent to an activating group) is 1. The Morgan fingerprint density at radius 3 is 2.09 bits per heavy atom. The van der Waals surface area contributed by atoms with Gasteiger partial charge in [-0.25, -0.2) is 13.2 Å². The van der Waals surface area contributed by atoms with Crippen molar-refractivity contribution in [2.75, 3.05) is 27.2 Å². The molecule has 0 radical (unpaired) electrons. The maximum atomic E-state index is 12.9. The Balaban J connectivity index is 0.000000305. The summed E-state index contributed by atoms with van der Waals surface area (Å²) in [6, 6.07) is 15.1. The lowest BCUT2D eigenvalue weighted by Gasteiger charge is -2.33. The van der Waals surface area contributed by atoms with Gasteiger partial charge in [0.2, 0.25) is 0 Å². The molecule has 0 amide bonds. The number of aryl methyl sites for hydroxylation is 1. The van der Waals surface area contributed by atoms with Gasteiger partial charge in [0, 0.05) is 12.3 Å². The molecule has 1 aliphatic heterocycles. The summed E-state index contributed by atoms with van der Waals surface area (Å²) in [5.74, 6) is -0.496. The minimum atomic E-state index is -4.27. The Bertz CT molecular complexity index is 1060. The molecular formula is C26H37NO7S. The van der Waals surface area contributed by atoms with E-state index in [2.05, 4.69) is 14.1 Å². The summed E-state index contributed by atoms with van der Waals surface area (Å²) in [5, 5.41) is 11.4. The molecule has 1 aliphatic carbocycles. The highest BCUT2D eigenvalue weighted by molar-refractivity contribution is 7.85. The minimum Gasteiger partial charge on any atom is -0.744 e. The van der Waals surface area contributed by atoms with Crippen molar-refractivity contribution in [2.45, 2.75) is 55.6 Å². The number of carbonyl (C=O) groups is 1. The van der Waals surface area contributed by atoms with Gasteiger partial charge in [0.1, 0.15) is 16.7 Å². The quantitative estimate of drug-likeness (QED) is 0.375. The summed E-state index contributed by atoms with van der Waals surface area (Å²) < 4.78 is 37.8. The van der Waals surface area contributed by atoms with Crippen LogP contribution in [0, 0.1) is 12.8 Å². The van der Waals surface area contributed by atoms with Crippen LogP contribution in [0.1, 0.15) is 43.2 Å². The molecule has 0 bridgehead atoms. The number of benzene rings is 2. The summed E-state index contributed by atoms with van der Waals surface area (Å²) in [6.07, 6.45) is 4.68. The van der Waals surface area contributed by atoms with Gasteiger partial charge in [0.15, 0.2) is 11.7 Å². The van der Waals surface area contributed by atoms with Crippen LogP contribution in [0.2, 0.25) is 0 Å². The third-order valence-electron chi connectivity index (χ3n) is 6.81. The van der Waals surface area contributed by atoms with E-state index in [0.717, 1.165) is 55.2 Å². The molecule has 194 valence electrons. The fourth-order valence-corrected chi connectivity index (χ4v) is 5.30. The molecule has 2 atom stereocenters. The van der Waals surface area contributed by atoms with Gasteiger partial charge in [-0.2, -0.15) is 0 Å². The lowest BCUT2D eigenvalue weighted by molar-refractivity contribution is -0.879. The zero-order valence-corrected chi connectivity index (χ0v) is 21.5. The van der Waals surface area contributed by atoms with E-state index in [-0.39, 0.29) is 22.4 Å². The van der Waals surface area contributed by atoms with Crippen LogP contribution in [0.3, 0.4) is 0 Å². The van der Waals surface area contributed by atoms with E-state index in [1.807, 2.05) is 37.3 Å². The number of ether oxygens (including phenoxy) is 1. The highest BCUT2D eigenvalue weighted by atomic mass is 32.2. The summed E-state index contributed by atoms with van der Waals surface area (Å²) in [4.78, 5) is 12.8. The molecule has 3 N–H and O–H groups in total. The molecule has 1 heterocycles. The summed E-state index contributed by atoms with van der Waals surface area (Å²) in [6.45, 7) is 3.65. The van der Waals surface area contributed by atoms with E-state index >= 15 is 0 Å². The molecular weight excluding hydrogens is 470 g/mol. The standard InChI is InChI=1S/C19H28NO3.C7H8O3S.H2O/c1-20(2)13-12-17(14-20)23-18(21)19(22,16-10-6-7-11-16)15-8-4-3-5-9-15;1-6-2-4-7(5-3-6)11(8,9)10;/h3-5,8-9,16-17,22H,6-7,10-14H2,1-2H3;2-5H,1H3,(H,8,9,10);1H2/q+1;;/p-1/t17-,19+;;/m1../s1. The van der Waals surface area contributed by atoms with Crippen LogP contribution >= 0.6 is 0 Å². The molecule has 8 nitrogen and oxygen atoms in total. The summed E-state index contributed by atoms with van der Waals surface area (Å²) in [5.41, 5.74) is 0.0957. The third-order valence-corrected chi connectivity index (χ3v) is 7.66.